The van der Waals surface area contributed by atoms with Gasteiger partial charge in [-0.2, -0.15) is 0 Å². The minimum atomic E-state index is -1.59. The monoisotopic (exact) mass is 494 g/mol. The summed E-state index contributed by atoms with van der Waals surface area (Å²) in [5.74, 6) is -1.47. The smallest absolute Gasteiger partial charge is 0.331 e. The number of fused-ring (bicyclic) bond motifs is 5. The number of carbonyl (C=O) groups excluding carboxylic acids is 2. The third kappa shape index (κ3) is 3.48. The normalized spacial score (nSPS) is 43.8. The summed E-state index contributed by atoms with van der Waals surface area (Å²) < 4.78 is 6.10. The van der Waals surface area contributed by atoms with Crippen molar-refractivity contribution in [2.24, 2.45) is 22.7 Å². The number of rotatable bonds is 4. The minimum Gasteiger partial charge on any atom is -0.458 e. The molecule has 0 aliphatic heterocycles. The van der Waals surface area contributed by atoms with E-state index in [1.165, 1.54) is 13.0 Å². The van der Waals surface area contributed by atoms with Gasteiger partial charge >= 0.3 is 5.97 Å². The minimum absolute atomic E-state index is 0.0598. The van der Waals surface area contributed by atoms with Crippen molar-refractivity contribution in [3.05, 3.63) is 53.6 Å². The predicted octanol–water partition coefficient (Wildman–Crippen LogP) is 3.98. The molecule has 8 atom stereocenters. The van der Waals surface area contributed by atoms with Crippen molar-refractivity contribution in [2.75, 3.05) is 0 Å². The van der Waals surface area contributed by atoms with Crippen LogP contribution in [-0.2, 0) is 14.3 Å². The van der Waals surface area contributed by atoms with Crippen LogP contribution < -0.4 is 0 Å². The van der Waals surface area contributed by atoms with Crippen molar-refractivity contribution in [1.82, 2.24) is 0 Å². The number of hydrogen-bond donors (Lipinski definition) is 3. The summed E-state index contributed by atoms with van der Waals surface area (Å²) >= 11 is 0. The molecule has 8 unspecified atom stereocenters. The second kappa shape index (κ2) is 8.64. The first-order valence-electron chi connectivity index (χ1n) is 13.2. The molecule has 0 radical (unpaired) electrons. The maximum absolute atomic E-state index is 13.1. The van der Waals surface area contributed by atoms with E-state index in [1.807, 2.05) is 43.3 Å². The molecule has 3 N–H and O–H groups in total. The molecule has 0 saturated heterocycles. The van der Waals surface area contributed by atoms with Crippen LogP contribution in [0.25, 0.3) is 6.08 Å². The van der Waals surface area contributed by atoms with Gasteiger partial charge in [0.1, 0.15) is 23.1 Å². The van der Waals surface area contributed by atoms with Crippen LogP contribution in [0.2, 0.25) is 0 Å². The molecule has 5 rings (SSSR count). The maximum atomic E-state index is 13.1. The number of Topliss-reactive ketones (excluding diaryl/α,β-unsaturated/α-hetero) is 1. The van der Waals surface area contributed by atoms with Crippen molar-refractivity contribution >= 4 is 17.8 Å². The zero-order valence-corrected chi connectivity index (χ0v) is 21.4. The topological polar surface area (TPSA) is 104 Å². The van der Waals surface area contributed by atoms with E-state index in [2.05, 4.69) is 6.92 Å². The zero-order valence-electron chi connectivity index (χ0n) is 21.4. The van der Waals surface area contributed by atoms with E-state index in [0.29, 0.717) is 32.1 Å². The molecule has 6 heteroatoms. The summed E-state index contributed by atoms with van der Waals surface area (Å²) in [6.45, 7) is 5.46. The van der Waals surface area contributed by atoms with Crippen molar-refractivity contribution < 1.29 is 29.6 Å². The van der Waals surface area contributed by atoms with Gasteiger partial charge in [-0.1, -0.05) is 55.8 Å². The first-order chi connectivity index (χ1) is 17.0. The molecule has 1 aromatic carbocycles. The number of ether oxygens (including phenoxy) is 1. The highest BCUT2D eigenvalue weighted by Crippen LogP contribution is 2.70. The highest BCUT2D eigenvalue weighted by Gasteiger charge is 2.77. The summed E-state index contributed by atoms with van der Waals surface area (Å²) in [5.41, 5.74) is -2.60. The largest absolute Gasteiger partial charge is 0.458 e. The molecule has 0 aromatic heterocycles. The van der Waals surface area contributed by atoms with E-state index < -0.39 is 46.1 Å². The van der Waals surface area contributed by atoms with Crippen LogP contribution in [0.4, 0.5) is 0 Å². The first kappa shape index (κ1) is 25.4. The van der Waals surface area contributed by atoms with Gasteiger partial charge < -0.3 is 20.1 Å². The van der Waals surface area contributed by atoms with Crippen LogP contribution in [0.5, 0.6) is 0 Å². The third-order valence-corrected chi connectivity index (χ3v) is 10.4. The number of ketones is 1. The second-order valence-electron chi connectivity index (χ2n) is 12.0. The Balaban J connectivity index is 1.54. The molecule has 0 amide bonds. The Morgan fingerprint density at radius 2 is 1.81 bits per heavy atom. The van der Waals surface area contributed by atoms with Crippen LogP contribution in [-0.4, -0.2) is 50.5 Å². The van der Waals surface area contributed by atoms with Crippen molar-refractivity contribution in [3.8, 4) is 0 Å². The SMILES string of the molecule is CC(=O)C1CCC2(O)C3(O)CC=C4CC(O)CCC4(C)C3CC(OC(=O)C=Cc3ccccc3)C12C. The second-order valence-corrected chi connectivity index (χ2v) is 12.0. The molecule has 36 heavy (non-hydrogen) atoms. The molecule has 194 valence electrons. The van der Waals surface area contributed by atoms with Gasteiger partial charge in [0.05, 0.1) is 6.10 Å². The zero-order chi connectivity index (χ0) is 25.9. The van der Waals surface area contributed by atoms with Crippen LogP contribution in [0.1, 0.15) is 71.3 Å². The van der Waals surface area contributed by atoms with Gasteiger partial charge in [0, 0.05) is 23.3 Å². The van der Waals surface area contributed by atoms with Gasteiger partial charge in [0.15, 0.2) is 0 Å². The Labute approximate surface area is 213 Å². The molecular formula is C30H38O6. The standard InChI is InChI=1S/C30H38O6/c1-19(31)23-13-16-30(35)28(23,3)25(36-26(33)10-9-20-7-5-4-6-8-20)18-24-27(2)14-12-22(32)17-21(27)11-15-29(24,30)34/h4-11,22-25,32,34-35H,12-18H2,1-3H3. The first-order valence-corrected chi connectivity index (χ1v) is 13.2. The molecule has 6 nitrogen and oxygen atoms in total. The molecule has 3 fully saturated rings. The molecule has 1 aromatic rings. The highest BCUT2D eigenvalue weighted by atomic mass is 16.5. The fourth-order valence-corrected chi connectivity index (χ4v) is 8.34. The van der Waals surface area contributed by atoms with Gasteiger partial charge in [0.25, 0.3) is 0 Å². The molecular weight excluding hydrogens is 456 g/mol. The molecule has 4 aliphatic carbocycles. The summed E-state index contributed by atoms with van der Waals surface area (Å²) in [6.07, 6.45) is 7.15. The lowest BCUT2D eigenvalue weighted by atomic mass is 9.43. The molecule has 4 aliphatic rings. The quantitative estimate of drug-likeness (QED) is 0.332. The average Bonchev–Trinajstić information content (AvgIpc) is 3.14. The van der Waals surface area contributed by atoms with E-state index in [9.17, 15) is 24.9 Å². The van der Waals surface area contributed by atoms with Gasteiger partial charge in [0.2, 0.25) is 0 Å². The van der Waals surface area contributed by atoms with Crippen molar-refractivity contribution in [1.29, 1.82) is 0 Å². The lowest BCUT2D eigenvalue weighted by Crippen LogP contribution is -2.75. The average molecular weight is 495 g/mol. The fraction of sp³-hybridized carbons (Fsp3) is 0.600. The molecule has 3 saturated carbocycles. The van der Waals surface area contributed by atoms with Crippen molar-refractivity contribution in [3.63, 3.8) is 0 Å². The van der Waals surface area contributed by atoms with Gasteiger partial charge in [-0.05, 0) is 68.9 Å². The number of aliphatic hydroxyl groups is 3. The maximum Gasteiger partial charge on any atom is 0.331 e. The van der Waals surface area contributed by atoms with E-state index in [0.717, 1.165) is 11.1 Å². The summed E-state index contributed by atoms with van der Waals surface area (Å²) in [5, 5.41) is 35.1. The van der Waals surface area contributed by atoms with E-state index in [-0.39, 0.29) is 24.5 Å². The number of hydrogen-bond acceptors (Lipinski definition) is 6. The summed E-state index contributed by atoms with van der Waals surface area (Å²) in [4.78, 5) is 25.9. The van der Waals surface area contributed by atoms with E-state index in [4.69, 9.17) is 4.74 Å². The lowest BCUT2D eigenvalue weighted by molar-refractivity contribution is -0.299. The highest BCUT2D eigenvalue weighted by molar-refractivity contribution is 5.87. The molecule has 0 spiro atoms. The molecule has 0 heterocycles. The van der Waals surface area contributed by atoms with Gasteiger partial charge in [-0.25, -0.2) is 4.79 Å². The van der Waals surface area contributed by atoms with E-state index >= 15 is 0 Å². The number of benzene rings is 1. The summed E-state index contributed by atoms with van der Waals surface area (Å²) in [7, 11) is 0. The Bertz CT molecular complexity index is 1110. The third-order valence-electron chi connectivity index (χ3n) is 10.4. The van der Waals surface area contributed by atoms with E-state index in [1.54, 1.807) is 6.08 Å². The van der Waals surface area contributed by atoms with Crippen molar-refractivity contribution in [2.45, 2.75) is 89.1 Å². The Kier molecular flexibility index (Phi) is 6.09. The Morgan fingerprint density at radius 1 is 1.08 bits per heavy atom. The fourth-order valence-electron chi connectivity index (χ4n) is 8.34. The number of esters is 1. The molecule has 0 bridgehead atoms. The van der Waals surface area contributed by atoms with Crippen LogP contribution >= 0.6 is 0 Å². The Morgan fingerprint density at radius 3 is 2.50 bits per heavy atom. The van der Waals surface area contributed by atoms with Gasteiger partial charge in [-0.3, -0.25) is 4.79 Å². The Hall–Kier alpha value is -2.28. The number of aliphatic hydroxyl groups excluding tert-OH is 1. The van der Waals surface area contributed by atoms with Crippen LogP contribution in [0.15, 0.2) is 48.1 Å². The van der Waals surface area contributed by atoms with Crippen LogP contribution in [0.3, 0.4) is 0 Å². The van der Waals surface area contributed by atoms with Gasteiger partial charge in [-0.15, -0.1) is 0 Å². The number of carbonyl (C=O) groups is 2. The predicted molar refractivity (Wildman–Crippen MR) is 136 cm³/mol. The summed E-state index contributed by atoms with van der Waals surface area (Å²) in [6, 6.07) is 9.46. The van der Waals surface area contributed by atoms with Crippen LogP contribution in [0, 0.1) is 22.7 Å². The lowest BCUT2D eigenvalue weighted by Gasteiger charge is -2.66.